The van der Waals surface area contributed by atoms with Crippen LogP contribution in [-0.4, -0.2) is 31.4 Å². The number of sulfonamides is 1. The minimum Gasteiger partial charge on any atom is -0.481 e. The van der Waals surface area contributed by atoms with Gasteiger partial charge in [-0.25, -0.2) is 8.42 Å². The monoisotopic (exact) mass is 424 g/mol. The number of carbonyl (C=O) groups excluding carboxylic acids is 1. The van der Waals surface area contributed by atoms with Gasteiger partial charge in [0.2, 0.25) is 15.9 Å². The first-order valence-corrected chi connectivity index (χ1v) is 10.3. The van der Waals surface area contributed by atoms with E-state index in [1.165, 1.54) is 24.3 Å². The number of carboxylic acids is 1. The van der Waals surface area contributed by atoms with Gasteiger partial charge in [0.25, 0.3) is 0 Å². The van der Waals surface area contributed by atoms with Crippen LogP contribution in [0.15, 0.2) is 53.4 Å². The van der Waals surface area contributed by atoms with Crippen molar-refractivity contribution in [2.45, 2.75) is 31.2 Å². The minimum atomic E-state index is -3.91. The Morgan fingerprint density at radius 3 is 2.11 bits per heavy atom. The van der Waals surface area contributed by atoms with Gasteiger partial charge in [-0.15, -0.1) is 0 Å². The van der Waals surface area contributed by atoms with Gasteiger partial charge < -0.3 is 10.4 Å². The van der Waals surface area contributed by atoms with Crippen molar-refractivity contribution in [3.8, 4) is 0 Å². The maximum absolute atomic E-state index is 12.6. The average Bonchev–Trinajstić information content (AvgIpc) is 2.61. The van der Waals surface area contributed by atoms with Gasteiger partial charge in [0, 0.05) is 10.7 Å². The number of hydrogen-bond donors (Lipinski definition) is 3. The van der Waals surface area contributed by atoms with Gasteiger partial charge in [-0.05, 0) is 47.9 Å². The van der Waals surface area contributed by atoms with Crippen molar-refractivity contribution in [1.82, 2.24) is 4.72 Å². The highest BCUT2D eigenvalue weighted by molar-refractivity contribution is 7.89. The summed E-state index contributed by atoms with van der Waals surface area (Å²) in [5, 5.41) is 11.8. The number of aliphatic carboxylic acids is 1. The summed E-state index contributed by atoms with van der Waals surface area (Å²) in [5.74, 6) is -1.78. The second kappa shape index (κ2) is 9.18. The SMILES string of the molecule is CC(C)[C@H](NS(=O)(=O)c1ccc(Cl)cc1)C(=O)Nc1ccc(CC(=O)O)cc1. The second-order valence-corrected chi connectivity index (χ2v) is 8.70. The van der Waals surface area contributed by atoms with Crippen molar-refractivity contribution < 1.29 is 23.1 Å². The zero-order chi connectivity index (χ0) is 20.9. The molecule has 0 aliphatic heterocycles. The molecule has 150 valence electrons. The van der Waals surface area contributed by atoms with Gasteiger partial charge in [0.05, 0.1) is 11.3 Å². The molecule has 2 aromatic carbocycles. The number of benzene rings is 2. The average molecular weight is 425 g/mol. The predicted molar refractivity (Wildman–Crippen MR) is 107 cm³/mol. The number of nitrogens with one attached hydrogen (secondary N) is 2. The highest BCUT2D eigenvalue weighted by Crippen LogP contribution is 2.17. The van der Waals surface area contributed by atoms with Gasteiger partial charge in [-0.1, -0.05) is 37.6 Å². The number of amides is 1. The summed E-state index contributed by atoms with van der Waals surface area (Å²) in [6, 6.07) is 11.0. The van der Waals surface area contributed by atoms with E-state index in [4.69, 9.17) is 16.7 Å². The van der Waals surface area contributed by atoms with Crippen LogP contribution < -0.4 is 10.0 Å². The number of halogens is 1. The molecule has 2 aromatic rings. The van der Waals surface area contributed by atoms with E-state index in [1.54, 1.807) is 38.1 Å². The van der Waals surface area contributed by atoms with E-state index >= 15 is 0 Å². The van der Waals surface area contributed by atoms with Crippen molar-refractivity contribution in [3.63, 3.8) is 0 Å². The molecule has 28 heavy (non-hydrogen) atoms. The van der Waals surface area contributed by atoms with Crippen LogP contribution in [0.5, 0.6) is 0 Å². The van der Waals surface area contributed by atoms with Crippen molar-refractivity contribution in [1.29, 1.82) is 0 Å². The third-order valence-electron chi connectivity index (χ3n) is 3.93. The molecule has 3 N–H and O–H groups in total. The standard InChI is InChI=1S/C19H21ClN2O5S/c1-12(2)18(22-28(26,27)16-9-5-14(20)6-10-16)19(25)21-15-7-3-13(4-8-15)11-17(23)24/h3-10,12,18,22H,11H2,1-2H3,(H,21,25)(H,23,24)/t18-/m0/s1. The van der Waals surface area contributed by atoms with E-state index in [0.29, 0.717) is 16.3 Å². The van der Waals surface area contributed by atoms with Crippen LogP contribution in [0, 0.1) is 5.92 Å². The Morgan fingerprint density at radius 2 is 1.61 bits per heavy atom. The molecule has 0 unspecified atom stereocenters. The molecule has 0 aromatic heterocycles. The summed E-state index contributed by atoms with van der Waals surface area (Å²) in [6.45, 7) is 3.45. The Bertz CT molecular complexity index is 941. The van der Waals surface area contributed by atoms with Gasteiger partial charge in [-0.2, -0.15) is 4.72 Å². The van der Waals surface area contributed by atoms with Crippen LogP contribution in [-0.2, 0) is 26.0 Å². The first-order chi connectivity index (χ1) is 13.1. The lowest BCUT2D eigenvalue weighted by Gasteiger charge is -2.21. The normalized spacial score (nSPS) is 12.6. The number of rotatable bonds is 8. The molecular formula is C19H21ClN2O5S. The van der Waals surface area contributed by atoms with Crippen LogP contribution in [0.4, 0.5) is 5.69 Å². The lowest BCUT2D eigenvalue weighted by atomic mass is 10.0. The molecule has 0 bridgehead atoms. The maximum Gasteiger partial charge on any atom is 0.307 e. The van der Waals surface area contributed by atoms with Gasteiger partial charge in [0.1, 0.15) is 6.04 Å². The third kappa shape index (κ3) is 6.05. The van der Waals surface area contributed by atoms with E-state index in [-0.39, 0.29) is 17.2 Å². The molecule has 2 rings (SSSR count). The van der Waals surface area contributed by atoms with Crippen molar-refractivity contribution in [3.05, 3.63) is 59.1 Å². The Kier molecular flexibility index (Phi) is 7.17. The molecule has 0 aliphatic carbocycles. The van der Waals surface area contributed by atoms with Crippen LogP contribution >= 0.6 is 11.6 Å². The van der Waals surface area contributed by atoms with E-state index < -0.39 is 27.9 Å². The molecular weight excluding hydrogens is 404 g/mol. The Labute approximate surface area is 168 Å². The zero-order valence-electron chi connectivity index (χ0n) is 15.3. The first kappa shape index (κ1) is 21.9. The van der Waals surface area contributed by atoms with E-state index in [1.807, 2.05) is 0 Å². The molecule has 0 saturated carbocycles. The summed E-state index contributed by atoms with van der Waals surface area (Å²) < 4.78 is 27.6. The Morgan fingerprint density at radius 1 is 1.04 bits per heavy atom. The summed E-state index contributed by atoms with van der Waals surface area (Å²) in [5.41, 5.74) is 1.03. The molecule has 0 saturated heterocycles. The highest BCUT2D eigenvalue weighted by atomic mass is 35.5. The molecule has 7 nitrogen and oxygen atoms in total. The van der Waals surface area contributed by atoms with Crippen LogP contribution in [0.1, 0.15) is 19.4 Å². The van der Waals surface area contributed by atoms with Crippen molar-refractivity contribution in [2.24, 2.45) is 5.92 Å². The summed E-state index contributed by atoms with van der Waals surface area (Å²) in [6.07, 6.45) is -0.121. The maximum atomic E-state index is 12.6. The first-order valence-electron chi connectivity index (χ1n) is 8.48. The van der Waals surface area contributed by atoms with Crippen LogP contribution in [0.3, 0.4) is 0 Å². The van der Waals surface area contributed by atoms with Crippen LogP contribution in [0.2, 0.25) is 5.02 Å². The molecule has 0 heterocycles. The van der Waals surface area contributed by atoms with Crippen molar-refractivity contribution >= 4 is 39.2 Å². The lowest BCUT2D eigenvalue weighted by Crippen LogP contribution is -2.47. The number of hydrogen-bond acceptors (Lipinski definition) is 4. The topological polar surface area (TPSA) is 113 Å². The highest BCUT2D eigenvalue weighted by Gasteiger charge is 2.28. The number of carboxylic acid groups (broad SMARTS) is 1. The molecule has 0 spiro atoms. The largest absolute Gasteiger partial charge is 0.481 e. The zero-order valence-corrected chi connectivity index (χ0v) is 16.9. The number of anilines is 1. The number of carbonyl (C=O) groups is 2. The van der Waals surface area contributed by atoms with Gasteiger partial charge in [0.15, 0.2) is 0 Å². The molecule has 1 atom stereocenters. The summed E-state index contributed by atoms with van der Waals surface area (Å²) in [7, 11) is -3.91. The van der Waals surface area contributed by atoms with E-state index in [0.717, 1.165) is 0 Å². The predicted octanol–water partition coefficient (Wildman–Crippen LogP) is 2.91. The molecule has 9 heteroatoms. The third-order valence-corrected chi connectivity index (χ3v) is 5.64. The summed E-state index contributed by atoms with van der Waals surface area (Å²) in [4.78, 5) is 23.4. The van der Waals surface area contributed by atoms with E-state index in [9.17, 15) is 18.0 Å². The molecule has 0 fully saturated rings. The quantitative estimate of drug-likeness (QED) is 0.603. The Hall–Kier alpha value is -2.42. The van der Waals surface area contributed by atoms with Crippen molar-refractivity contribution in [2.75, 3.05) is 5.32 Å². The molecule has 0 aliphatic rings. The summed E-state index contributed by atoms with van der Waals surface area (Å²) >= 11 is 5.79. The fourth-order valence-corrected chi connectivity index (χ4v) is 3.91. The van der Waals surface area contributed by atoms with E-state index in [2.05, 4.69) is 10.0 Å². The molecule has 0 radical (unpaired) electrons. The smallest absolute Gasteiger partial charge is 0.307 e. The fraction of sp³-hybridized carbons (Fsp3) is 0.263. The van der Waals surface area contributed by atoms with Gasteiger partial charge in [-0.3, -0.25) is 9.59 Å². The molecule has 1 amide bonds. The fourth-order valence-electron chi connectivity index (χ4n) is 2.44. The minimum absolute atomic E-state index is 0.00775. The van der Waals surface area contributed by atoms with Gasteiger partial charge >= 0.3 is 5.97 Å². The Balaban J connectivity index is 2.13. The van der Waals surface area contributed by atoms with Crippen LogP contribution in [0.25, 0.3) is 0 Å². The second-order valence-electron chi connectivity index (χ2n) is 6.55. The lowest BCUT2D eigenvalue weighted by molar-refractivity contribution is -0.136.